The van der Waals surface area contributed by atoms with Crippen molar-refractivity contribution in [2.75, 3.05) is 6.61 Å². The van der Waals surface area contributed by atoms with Gasteiger partial charge in [0.2, 0.25) is 0 Å². The van der Waals surface area contributed by atoms with Crippen LogP contribution in [0.15, 0.2) is 0 Å². The third kappa shape index (κ3) is 24.7. The van der Waals surface area contributed by atoms with Crippen LogP contribution in [0.5, 0.6) is 0 Å². The number of carboxylic acids is 1. The van der Waals surface area contributed by atoms with Gasteiger partial charge in [0.15, 0.2) is 11.5 Å². The van der Waals surface area contributed by atoms with E-state index in [0.717, 1.165) is 19.3 Å². The smallest absolute Gasteiger partial charge is 1.00 e. The molecular formula is C18H37Na3O9S. The monoisotopic (exact) mass is 498 g/mol. The second-order valence-corrected chi connectivity index (χ2v) is 8.32. The van der Waals surface area contributed by atoms with E-state index in [1.807, 2.05) is 0 Å². The molecule has 9 nitrogen and oxygen atoms in total. The molecule has 31 heavy (non-hydrogen) atoms. The quantitative estimate of drug-likeness (QED) is 0.0475. The summed E-state index contributed by atoms with van der Waals surface area (Å²) < 4.78 is 35.8. The fourth-order valence-electron chi connectivity index (χ4n) is 2.49. The predicted molar refractivity (Wildman–Crippen MR) is 105 cm³/mol. The fraction of sp³-hybridized carbons (Fsp3) is 0.889. The van der Waals surface area contributed by atoms with Gasteiger partial charge in [-0.25, -0.2) is 4.79 Å². The van der Waals surface area contributed by atoms with E-state index in [9.17, 15) is 18.0 Å². The molecule has 0 spiro atoms. The van der Waals surface area contributed by atoms with Crippen LogP contribution in [0, 0.1) is 0 Å². The summed E-state index contributed by atoms with van der Waals surface area (Å²) in [5.74, 6) is -3.09. The molecule has 0 heterocycles. The van der Waals surface area contributed by atoms with Crippen LogP contribution in [0.2, 0.25) is 0 Å². The maximum atomic E-state index is 11.4. The van der Waals surface area contributed by atoms with Gasteiger partial charge in [0.25, 0.3) is 10.1 Å². The van der Waals surface area contributed by atoms with Crippen molar-refractivity contribution in [3.63, 3.8) is 0 Å². The van der Waals surface area contributed by atoms with Crippen molar-refractivity contribution in [1.82, 2.24) is 0 Å². The summed E-state index contributed by atoms with van der Waals surface area (Å²) in [6.07, 6.45) is 9.98. The maximum Gasteiger partial charge on any atom is 1.00 e. The number of carbonyl (C=O) groups excluding carboxylic acids is 1. The molecule has 13 heteroatoms. The zero-order valence-corrected chi connectivity index (χ0v) is 26.6. The Morgan fingerprint density at radius 3 is 1.77 bits per heavy atom. The average molecular weight is 499 g/mol. The Morgan fingerprint density at radius 1 is 0.903 bits per heavy atom. The van der Waals surface area contributed by atoms with Crippen LogP contribution < -0.4 is 88.7 Å². The summed E-state index contributed by atoms with van der Waals surface area (Å²) in [6.45, 7) is 4.11. The first kappa shape index (κ1) is 40.0. The van der Waals surface area contributed by atoms with Crippen molar-refractivity contribution in [2.24, 2.45) is 0 Å². The number of carboxylic acid groups (broad SMARTS) is 1. The number of hydrogen-bond acceptors (Lipinski definition) is 7. The van der Waals surface area contributed by atoms with Crippen LogP contribution in [0.1, 0.15) is 88.8 Å². The molecule has 0 radical (unpaired) electrons. The first-order chi connectivity index (χ1) is 13.2. The molecule has 0 amide bonds. The molecule has 172 valence electrons. The molecule has 0 fully saturated rings. The van der Waals surface area contributed by atoms with Gasteiger partial charge in [0, 0.05) is 6.61 Å². The normalized spacial score (nSPS) is 12.5. The molecule has 0 rings (SSSR count). The van der Waals surface area contributed by atoms with Crippen molar-refractivity contribution in [1.29, 1.82) is 0 Å². The second-order valence-electron chi connectivity index (χ2n) is 6.72. The first-order valence-corrected chi connectivity index (χ1v) is 11.4. The molecule has 0 aliphatic carbocycles. The van der Waals surface area contributed by atoms with Crippen molar-refractivity contribution < 1.29 is 135 Å². The Balaban J connectivity index is -0.000000243. The topological polar surface area (TPSA) is 136 Å². The Labute approximate surface area is 257 Å². The SMILES string of the molecule is CCCCCCCCCCCCOC(C)OOC(=O)CC(C(=O)O)S(=O)(=O)O.[H-].[H-].[H-].[Na+].[Na+].[Na+]. The molecular weight excluding hydrogens is 461 g/mol. The molecule has 2 N–H and O–H groups in total. The van der Waals surface area contributed by atoms with E-state index in [2.05, 4.69) is 16.7 Å². The van der Waals surface area contributed by atoms with Crippen LogP contribution in [0.25, 0.3) is 0 Å². The summed E-state index contributed by atoms with van der Waals surface area (Å²) in [6, 6.07) is 0. The largest absolute Gasteiger partial charge is 1.00 e. The molecule has 0 aromatic carbocycles. The molecule has 0 saturated heterocycles. The van der Waals surface area contributed by atoms with Crippen molar-refractivity contribution in [2.45, 2.75) is 96.0 Å². The molecule has 2 atom stereocenters. The van der Waals surface area contributed by atoms with E-state index < -0.39 is 40.0 Å². The van der Waals surface area contributed by atoms with Gasteiger partial charge >= 0.3 is 101 Å². The van der Waals surface area contributed by atoms with E-state index in [-0.39, 0.29) is 93.0 Å². The van der Waals surface area contributed by atoms with E-state index >= 15 is 0 Å². The molecule has 0 aromatic heterocycles. The number of carbonyl (C=O) groups is 2. The summed E-state index contributed by atoms with van der Waals surface area (Å²) in [7, 11) is -4.92. The van der Waals surface area contributed by atoms with Gasteiger partial charge in [0.1, 0.15) is 0 Å². The molecule has 0 aliphatic rings. The van der Waals surface area contributed by atoms with Crippen LogP contribution >= 0.6 is 0 Å². The van der Waals surface area contributed by atoms with Gasteiger partial charge in [-0.15, -0.1) is 0 Å². The average Bonchev–Trinajstić information content (AvgIpc) is 2.61. The van der Waals surface area contributed by atoms with Crippen molar-refractivity contribution in [3.05, 3.63) is 0 Å². The third-order valence-electron chi connectivity index (χ3n) is 4.11. The molecule has 0 saturated carbocycles. The van der Waals surface area contributed by atoms with Gasteiger partial charge in [-0.3, -0.25) is 14.2 Å². The van der Waals surface area contributed by atoms with Gasteiger partial charge in [0.05, 0.1) is 6.42 Å². The zero-order valence-electron chi connectivity index (χ0n) is 22.8. The molecule has 0 aromatic rings. The maximum absolute atomic E-state index is 11.4. The van der Waals surface area contributed by atoms with Gasteiger partial charge in [-0.2, -0.15) is 13.3 Å². The van der Waals surface area contributed by atoms with E-state index in [1.165, 1.54) is 51.9 Å². The zero-order chi connectivity index (χ0) is 21.4. The van der Waals surface area contributed by atoms with E-state index in [0.29, 0.717) is 6.61 Å². The Bertz CT molecular complexity index is 562. The first-order valence-electron chi connectivity index (χ1n) is 9.85. The number of rotatable bonds is 18. The number of unbranched alkanes of at least 4 members (excludes halogenated alkanes) is 9. The standard InChI is InChI=1S/C18H34O9S.3Na.3H/c1-3-4-5-6-7-8-9-10-11-12-13-25-15(2)26-27-17(19)14-16(18(20)21)28(22,23)24;;;;;;/h15-16H,3-14H2,1-2H3,(H,20,21)(H,22,23,24);;;;;;/q;3*+1;3*-1. The summed E-state index contributed by atoms with van der Waals surface area (Å²) >= 11 is 0. The molecule has 2 unspecified atom stereocenters. The van der Waals surface area contributed by atoms with Gasteiger partial charge in [-0.05, 0) is 13.3 Å². The summed E-state index contributed by atoms with van der Waals surface area (Å²) in [5.41, 5.74) is 0. The summed E-state index contributed by atoms with van der Waals surface area (Å²) in [5, 5.41) is 6.39. The van der Waals surface area contributed by atoms with Crippen LogP contribution in [0.3, 0.4) is 0 Å². The van der Waals surface area contributed by atoms with Crippen molar-refractivity contribution in [3.8, 4) is 0 Å². The van der Waals surface area contributed by atoms with Crippen LogP contribution in [-0.2, 0) is 34.2 Å². The van der Waals surface area contributed by atoms with E-state index in [1.54, 1.807) is 0 Å². The predicted octanol–water partition coefficient (Wildman–Crippen LogP) is -5.17. The number of ether oxygens (including phenoxy) is 1. The number of hydrogen-bond donors (Lipinski definition) is 2. The minimum absolute atomic E-state index is 0. The minimum atomic E-state index is -4.92. The minimum Gasteiger partial charge on any atom is -1.00 e. The number of aliphatic carboxylic acids is 1. The molecule has 0 aliphatic heterocycles. The van der Waals surface area contributed by atoms with Gasteiger partial charge < -0.3 is 14.1 Å². The third-order valence-corrected chi connectivity index (χ3v) is 5.20. The van der Waals surface area contributed by atoms with Crippen molar-refractivity contribution >= 4 is 22.1 Å². The summed E-state index contributed by atoms with van der Waals surface area (Å²) in [4.78, 5) is 31.1. The Hall–Kier alpha value is 1.77. The Morgan fingerprint density at radius 2 is 1.35 bits per heavy atom. The molecule has 0 bridgehead atoms. The van der Waals surface area contributed by atoms with Gasteiger partial charge in [-0.1, -0.05) is 64.7 Å². The van der Waals surface area contributed by atoms with Crippen LogP contribution in [0.4, 0.5) is 0 Å². The Kier molecular flexibility index (Phi) is 32.1. The van der Waals surface area contributed by atoms with E-state index in [4.69, 9.17) is 14.4 Å². The second kappa shape index (κ2) is 24.9. The fourth-order valence-corrected chi connectivity index (χ4v) is 3.09. The van der Waals surface area contributed by atoms with Crippen LogP contribution in [-0.4, -0.2) is 48.2 Å².